The summed E-state index contributed by atoms with van der Waals surface area (Å²) in [7, 11) is 0. The van der Waals surface area contributed by atoms with E-state index in [2.05, 4.69) is 29.6 Å². The molecule has 13 heavy (non-hydrogen) atoms. The van der Waals surface area contributed by atoms with Crippen molar-refractivity contribution in [1.29, 1.82) is 0 Å². The summed E-state index contributed by atoms with van der Waals surface area (Å²) in [6, 6.07) is 9.42. The van der Waals surface area contributed by atoms with Crippen LogP contribution in [0.4, 0.5) is 5.69 Å². The van der Waals surface area contributed by atoms with Crippen LogP contribution >= 0.6 is 0 Å². The molecule has 1 aliphatic carbocycles. The van der Waals surface area contributed by atoms with Gasteiger partial charge in [0.2, 0.25) is 0 Å². The van der Waals surface area contributed by atoms with Crippen molar-refractivity contribution in [2.45, 2.75) is 30.8 Å². The van der Waals surface area contributed by atoms with Gasteiger partial charge in [0, 0.05) is 23.7 Å². The van der Waals surface area contributed by atoms with Gasteiger partial charge >= 0.3 is 0 Å². The highest BCUT2D eigenvalue weighted by Crippen LogP contribution is 2.44. The van der Waals surface area contributed by atoms with Crippen molar-refractivity contribution < 1.29 is 0 Å². The van der Waals surface area contributed by atoms with E-state index >= 15 is 0 Å². The van der Waals surface area contributed by atoms with Crippen molar-refractivity contribution in [3.05, 3.63) is 29.8 Å². The Morgan fingerprint density at radius 2 is 2.08 bits per heavy atom. The fraction of sp³-hybridized carbons (Fsp3) is 0.455. The van der Waals surface area contributed by atoms with Crippen LogP contribution in [0.15, 0.2) is 24.3 Å². The fourth-order valence-corrected chi connectivity index (χ4v) is 2.72. The summed E-state index contributed by atoms with van der Waals surface area (Å²) in [5, 5.41) is 3.52. The monoisotopic (exact) mass is 174 g/mol. The third-order valence-corrected chi connectivity index (χ3v) is 3.39. The molecular formula is C11H14N2. The zero-order valence-corrected chi connectivity index (χ0v) is 7.53. The molecule has 1 aromatic carbocycles. The number of anilines is 1. The maximum Gasteiger partial charge on any atom is 0.0481 e. The minimum atomic E-state index is 0.345. The lowest BCUT2D eigenvalue weighted by atomic mass is 9.97. The van der Waals surface area contributed by atoms with Crippen molar-refractivity contribution in [2.75, 3.05) is 5.32 Å². The first-order chi connectivity index (χ1) is 6.36. The van der Waals surface area contributed by atoms with Crippen LogP contribution in [0.25, 0.3) is 0 Å². The van der Waals surface area contributed by atoms with Gasteiger partial charge in [0.15, 0.2) is 0 Å². The molecule has 3 rings (SSSR count). The Bertz CT molecular complexity index is 335. The first-order valence-electron chi connectivity index (χ1n) is 4.97. The maximum absolute atomic E-state index is 6.04. The van der Waals surface area contributed by atoms with E-state index in [1.165, 1.54) is 17.7 Å². The molecule has 1 fully saturated rings. The van der Waals surface area contributed by atoms with Crippen LogP contribution in [-0.2, 0) is 0 Å². The lowest BCUT2D eigenvalue weighted by Crippen LogP contribution is -2.35. The molecular weight excluding hydrogens is 160 g/mol. The van der Waals surface area contributed by atoms with E-state index < -0.39 is 0 Å². The number of benzene rings is 1. The zero-order valence-electron chi connectivity index (χ0n) is 7.53. The molecule has 1 saturated carbocycles. The van der Waals surface area contributed by atoms with Gasteiger partial charge < -0.3 is 11.1 Å². The van der Waals surface area contributed by atoms with Crippen LogP contribution < -0.4 is 11.1 Å². The van der Waals surface area contributed by atoms with Gasteiger partial charge in [-0.15, -0.1) is 0 Å². The van der Waals surface area contributed by atoms with Crippen molar-refractivity contribution in [1.82, 2.24) is 0 Å². The molecule has 68 valence electrons. The molecule has 0 bridgehead atoms. The van der Waals surface area contributed by atoms with E-state index in [-0.39, 0.29) is 0 Å². The smallest absolute Gasteiger partial charge is 0.0481 e. The second-order valence-electron chi connectivity index (χ2n) is 4.11. The third kappa shape index (κ3) is 0.923. The number of fused-ring (bicyclic) bond motifs is 3. The van der Waals surface area contributed by atoms with Gasteiger partial charge in [-0.05, 0) is 24.5 Å². The Morgan fingerprint density at radius 3 is 3.00 bits per heavy atom. The molecule has 1 heterocycles. The third-order valence-electron chi connectivity index (χ3n) is 3.39. The molecule has 2 heteroatoms. The minimum Gasteiger partial charge on any atom is -0.380 e. The van der Waals surface area contributed by atoms with Gasteiger partial charge in [-0.1, -0.05) is 18.2 Å². The fourth-order valence-electron chi connectivity index (χ4n) is 2.72. The number of hydrogen-bond acceptors (Lipinski definition) is 2. The normalized spacial score (nSPS) is 35.3. The van der Waals surface area contributed by atoms with E-state index in [1.54, 1.807) is 0 Å². The highest BCUT2D eigenvalue weighted by atomic mass is 15.0. The zero-order chi connectivity index (χ0) is 8.84. The van der Waals surface area contributed by atoms with Crippen LogP contribution in [0.2, 0.25) is 0 Å². The predicted molar refractivity (Wildman–Crippen MR) is 53.8 cm³/mol. The Hall–Kier alpha value is -1.02. The van der Waals surface area contributed by atoms with Crippen LogP contribution in [-0.4, -0.2) is 12.1 Å². The highest BCUT2D eigenvalue weighted by Gasteiger charge is 2.40. The Morgan fingerprint density at radius 1 is 1.23 bits per heavy atom. The van der Waals surface area contributed by atoms with Crippen LogP contribution in [0, 0.1) is 0 Å². The molecule has 2 aliphatic rings. The predicted octanol–water partition coefficient (Wildman–Crippen LogP) is 1.69. The summed E-state index contributed by atoms with van der Waals surface area (Å²) in [6.45, 7) is 0. The molecule has 0 spiro atoms. The van der Waals surface area contributed by atoms with Crippen LogP contribution in [0.1, 0.15) is 24.3 Å². The topological polar surface area (TPSA) is 38.0 Å². The maximum atomic E-state index is 6.04. The van der Waals surface area contributed by atoms with Gasteiger partial charge in [-0.2, -0.15) is 0 Å². The molecule has 2 nitrogen and oxygen atoms in total. The van der Waals surface area contributed by atoms with Gasteiger partial charge in [0.25, 0.3) is 0 Å². The van der Waals surface area contributed by atoms with Gasteiger partial charge in [-0.25, -0.2) is 0 Å². The molecule has 0 saturated heterocycles. The Balaban J connectivity index is 2.05. The van der Waals surface area contributed by atoms with Crippen molar-refractivity contribution >= 4 is 5.69 Å². The van der Waals surface area contributed by atoms with Crippen LogP contribution in [0.3, 0.4) is 0 Å². The number of hydrogen-bond donors (Lipinski definition) is 2. The number of rotatable bonds is 0. The summed E-state index contributed by atoms with van der Waals surface area (Å²) in [4.78, 5) is 0. The van der Waals surface area contributed by atoms with E-state index in [0.717, 1.165) is 6.42 Å². The van der Waals surface area contributed by atoms with E-state index in [4.69, 9.17) is 5.73 Å². The van der Waals surface area contributed by atoms with Crippen molar-refractivity contribution in [3.8, 4) is 0 Å². The summed E-state index contributed by atoms with van der Waals surface area (Å²) < 4.78 is 0. The molecule has 1 aromatic rings. The first kappa shape index (κ1) is 7.39. The Kier molecular flexibility index (Phi) is 1.41. The number of para-hydroxylation sites is 1. The molecule has 3 unspecified atom stereocenters. The first-order valence-corrected chi connectivity index (χ1v) is 4.97. The molecule has 1 aliphatic heterocycles. The molecule has 3 N–H and O–H groups in total. The van der Waals surface area contributed by atoms with E-state index in [1.807, 2.05) is 0 Å². The van der Waals surface area contributed by atoms with Gasteiger partial charge in [0.05, 0.1) is 0 Å². The number of nitrogens with one attached hydrogen (secondary N) is 1. The summed E-state index contributed by atoms with van der Waals surface area (Å²) in [5.74, 6) is 0.672. The van der Waals surface area contributed by atoms with Crippen LogP contribution in [0.5, 0.6) is 0 Å². The highest BCUT2D eigenvalue weighted by molar-refractivity contribution is 5.60. The lowest BCUT2D eigenvalue weighted by Gasteiger charge is -2.14. The summed E-state index contributed by atoms with van der Waals surface area (Å²) in [5.41, 5.74) is 8.81. The average Bonchev–Trinajstić information content (AvgIpc) is 2.67. The van der Waals surface area contributed by atoms with Crippen molar-refractivity contribution in [3.63, 3.8) is 0 Å². The average molecular weight is 174 g/mol. The largest absolute Gasteiger partial charge is 0.380 e. The minimum absolute atomic E-state index is 0.345. The van der Waals surface area contributed by atoms with E-state index in [9.17, 15) is 0 Å². The second-order valence-corrected chi connectivity index (χ2v) is 4.11. The van der Waals surface area contributed by atoms with Gasteiger partial charge in [0.1, 0.15) is 0 Å². The number of nitrogens with two attached hydrogens (primary N) is 1. The standard InChI is InChI=1S/C11H14N2/c12-9-6-5-8-7-3-1-2-4-10(7)13-11(8)9/h1-4,8-9,11,13H,5-6,12H2. The van der Waals surface area contributed by atoms with Gasteiger partial charge in [-0.3, -0.25) is 0 Å². The SMILES string of the molecule is NC1CCC2c3ccccc3NC12. The van der Waals surface area contributed by atoms with Crippen molar-refractivity contribution in [2.24, 2.45) is 5.73 Å². The molecule has 0 aromatic heterocycles. The summed E-state index contributed by atoms with van der Waals surface area (Å²) >= 11 is 0. The van der Waals surface area contributed by atoms with E-state index in [0.29, 0.717) is 18.0 Å². The quantitative estimate of drug-likeness (QED) is 0.628. The molecule has 0 radical (unpaired) electrons. The Labute approximate surface area is 78.1 Å². The summed E-state index contributed by atoms with van der Waals surface area (Å²) in [6.07, 6.45) is 2.41. The molecule has 0 amide bonds. The lowest BCUT2D eigenvalue weighted by molar-refractivity contribution is 0.620. The second kappa shape index (κ2) is 2.48. The molecule has 3 atom stereocenters.